The number of β-lactam (4-membered cyclic amide) rings is 1. The van der Waals surface area contributed by atoms with Crippen molar-refractivity contribution in [3.8, 4) is 0 Å². The molecule has 0 spiro atoms. The van der Waals surface area contributed by atoms with Gasteiger partial charge in [-0.2, -0.15) is 0 Å². The lowest BCUT2D eigenvalue weighted by Crippen LogP contribution is -2.71. The summed E-state index contributed by atoms with van der Waals surface area (Å²) in [5, 5.41) is 20.0. The number of thiazole rings is 1. The topological polar surface area (TPSA) is 183 Å². The second kappa shape index (κ2) is 12.9. The number of anilines is 1. The Morgan fingerprint density at radius 1 is 1.29 bits per heavy atom. The van der Waals surface area contributed by atoms with E-state index in [2.05, 4.69) is 20.8 Å². The van der Waals surface area contributed by atoms with Gasteiger partial charge in [-0.15, -0.1) is 11.8 Å². The summed E-state index contributed by atoms with van der Waals surface area (Å²) in [7, 11) is 0. The van der Waals surface area contributed by atoms with Crippen molar-refractivity contribution in [1.29, 1.82) is 0 Å². The smallest absolute Gasteiger partial charge is 0.347 e. The Morgan fingerprint density at radius 3 is 2.64 bits per heavy atom. The summed E-state index contributed by atoms with van der Waals surface area (Å²) in [5.74, 6) is -3.60. The molecule has 222 valence electrons. The van der Waals surface area contributed by atoms with Crippen LogP contribution in [0.3, 0.4) is 0 Å². The molecular weight excluding hydrogens is 612 g/mol. The number of carbonyl (C=O) groups excluding carboxylic acids is 5. The number of thioether (sulfide) groups is 1. The summed E-state index contributed by atoms with van der Waals surface area (Å²) < 4.78 is 6.89. The van der Waals surface area contributed by atoms with Gasteiger partial charge in [0, 0.05) is 23.5 Å². The van der Waals surface area contributed by atoms with Crippen molar-refractivity contribution in [3.05, 3.63) is 51.9 Å². The van der Waals surface area contributed by atoms with Gasteiger partial charge in [0.25, 0.3) is 11.8 Å². The van der Waals surface area contributed by atoms with Crippen LogP contribution >= 0.6 is 34.7 Å². The Hall–Kier alpha value is -4.02. The fourth-order valence-corrected chi connectivity index (χ4v) is 6.37. The van der Waals surface area contributed by atoms with E-state index in [4.69, 9.17) is 21.2 Å². The van der Waals surface area contributed by atoms with Gasteiger partial charge in [-0.3, -0.25) is 19.3 Å². The van der Waals surface area contributed by atoms with Crippen LogP contribution in [0.5, 0.6) is 0 Å². The van der Waals surface area contributed by atoms with E-state index in [-0.39, 0.29) is 33.2 Å². The van der Waals surface area contributed by atoms with Crippen molar-refractivity contribution < 1.29 is 43.2 Å². The first-order valence-electron chi connectivity index (χ1n) is 12.3. The number of nitrogens with one attached hydrogen (secondary N) is 2. The molecule has 0 bridgehead atoms. The Balaban J connectivity index is 1.54. The first-order valence-corrected chi connectivity index (χ1v) is 14.6. The Labute approximate surface area is 252 Å². The Bertz CT molecular complexity index is 1470. The first-order chi connectivity index (χ1) is 19.9. The number of halogens is 1. The summed E-state index contributed by atoms with van der Waals surface area (Å²) in [4.78, 5) is 71.7. The summed E-state index contributed by atoms with van der Waals surface area (Å²) in [6.45, 7) is 4.57. The Kier molecular flexibility index (Phi) is 9.48. The van der Waals surface area contributed by atoms with Gasteiger partial charge in [0.1, 0.15) is 27.0 Å². The lowest BCUT2D eigenvalue weighted by atomic mass is 10.0. The minimum atomic E-state index is -1.51. The van der Waals surface area contributed by atoms with Crippen molar-refractivity contribution in [2.45, 2.75) is 44.3 Å². The van der Waals surface area contributed by atoms with E-state index < -0.39 is 53.1 Å². The highest BCUT2D eigenvalue weighted by atomic mass is 35.5. The molecule has 2 aromatic rings. The number of aliphatic carboxylic acids is 1. The monoisotopic (exact) mass is 636 g/mol. The molecule has 3 amide bonds. The van der Waals surface area contributed by atoms with E-state index >= 15 is 0 Å². The van der Waals surface area contributed by atoms with Gasteiger partial charge in [-0.25, -0.2) is 14.3 Å². The third-order valence-corrected chi connectivity index (χ3v) is 8.17. The molecule has 2 aliphatic heterocycles. The number of nitrogens with zero attached hydrogens (tertiary/aromatic N) is 4. The number of carbonyl (C=O) groups is 5. The van der Waals surface area contributed by atoms with Gasteiger partial charge < -0.3 is 30.1 Å². The van der Waals surface area contributed by atoms with Gasteiger partial charge in [0.05, 0.1) is 11.7 Å². The van der Waals surface area contributed by atoms with Crippen LogP contribution in [-0.4, -0.2) is 75.1 Å². The number of esters is 1. The second-order valence-electron chi connectivity index (χ2n) is 9.85. The number of ether oxygens (including phenoxy) is 1. The zero-order valence-electron chi connectivity index (χ0n) is 22.5. The predicted octanol–water partition coefficient (Wildman–Crippen LogP) is -0.181. The van der Waals surface area contributed by atoms with E-state index in [1.165, 1.54) is 11.8 Å². The predicted molar refractivity (Wildman–Crippen MR) is 149 cm³/mol. The molecule has 14 nitrogen and oxygen atoms in total. The molecule has 2 N–H and O–H groups in total. The highest BCUT2D eigenvalue weighted by molar-refractivity contribution is 8.00. The van der Waals surface area contributed by atoms with Gasteiger partial charge in [0.15, 0.2) is 29.8 Å². The van der Waals surface area contributed by atoms with Crippen molar-refractivity contribution in [3.63, 3.8) is 0 Å². The molecule has 0 saturated carbocycles. The molecule has 1 saturated heterocycles. The van der Waals surface area contributed by atoms with Gasteiger partial charge in [0.2, 0.25) is 13.0 Å². The minimum absolute atomic E-state index is 0.0343. The number of oxime groups is 1. The number of carboxylic acid groups (broad SMARTS) is 1. The number of hydrogen-bond acceptors (Lipinski definition) is 12. The second-order valence-corrected chi connectivity index (χ2v) is 12.6. The van der Waals surface area contributed by atoms with Crippen molar-refractivity contribution in [1.82, 2.24) is 15.2 Å². The van der Waals surface area contributed by atoms with Gasteiger partial charge in [-0.05, 0) is 20.8 Å². The third-order valence-electron chi connectivity index (χ3n) is 5.64. The van der Waals surface area contributed by atoms with Crippen LogP contribution in [0.4, 0.5) is 5.13 Å². The quantitative estimate of drug-likeness (QED) is 0.0838. The van der Waals surface area contributed by atoms with Crippen molar-refractivity contribution in [2.24, 2.45) is 5.16 Å². The molecule has 17 heteroatoms. The Morgan fingerprint density at radius 2 is 2.00 bits per heavy atom. The molecule has 1 unspecified atom stereocenters. The zero-order chi connectivity index (χ0) is 30.6. The van der Waals surface area contributed by atoms with Crippen molar-refractivity contribution >= 4 is 75.7 Å². The average molecular weight is 637 g/mol. The standard InChI is InChI=1S/C25H25ClN6O8S2/c1-25(2,3)40-14(34)10-39-30-16(15-19(26)42-24(29-15)27-12-33)20(35)28-17-21(36)32-18(23(37)38)13(11-41-22(17)32)9-31-7-5-4-6-8-31/h4-8,12,17,22H,9-11H2,1-3H3,(H2-,27,28,29,33,35,37,38)/b30-16-/t17?,22-/m1/s1. The molecule has 1 fully saturated rings. The van der Waals surface area contributed by atoms with Gasteiger partial charge in [-0.1, -0.05) is 34.2 Å². The zero-order valence-corrected chi connectivity index (χ0v) is 24.9. The molecule has 2 aromatic heterocycles. The van der Waals surface area contributed by atoms with E-state index in [9.17, 15) is 29.1 Å². The molecule has 0 aliphatic carbocycles. The number of fused-ring (bicyclic) bond motifs is 1. The van der Waals surface area contributed by atoms with Crippen molar-refractivity contribution in [2.75, 3.05) is 17.7 Å². The summed E-state index contributed by atoms with van der Waals surface area (Å²) in [6.07, 6.45) is 3.90. The van der Waals surface area contributed by atoms with E-state index in [0.717, 1.165) is 16.2 Å². The van der Waals surface area contributed by atoms with Crippen LogP contribution < -0.4 is 20.3 Å². The highest BCUT2D eigenvalue weighted by Crippen LogP contribution is 2.40. The molecule has 42 heavy (non-hydrogen) atoms. The molecule has 2 atom stereocenters. The lowest BCUT2D eigenvalue weighted by Gasteiger charge is -2.50. The van der Waals surface area contributed by atoms with Crippen LogP contribution in [0.15, 0.2) is 47.0 Å². The highest BCUT2D eigenvalue weighted by Gasteiger charge is 2.53. The average Bonchev–Trinajstić information content (AvgIpc) is 3.28. The van der Waals surface area contributed by atoms with Crippen LogP contribution in [0.25, 0.3) is 0 Å². The van der Waals surface area contributed by atoms with Crippen LogP contribution in [0, 0.1) is 0 Å². The number of pyridine rings is 1. The number of amides is 3. The van der Waals surface area contributed by atoms with Crippen LogP contribution in [0.1, 0.15) is 26.5 Å². The maximum atomic E-state index is 13.4. The number of carboxylic acids is 1. The summed E-state index contributed by atoms with van der Waals surface area (Å²) >= 11 is 8.35. The maximum Gasteiger partial charge on any atom is 0.347 e. The van der Waals surface area contributed by atoms with E-state index in [1.54, 1.807) is 49.9 Å². The lowest BCUT2D eigenvalue weighted by molar-refractivity contribution is -0.689. The minimum Gasteiger partial charge on any atom is -0.543 e. The van der Waals surface area contributed by atoms with E-state index in [1.807, 2.05) is 6.07 Å². The van der Waals surface area contributed by atoms with Crippen LogP contribution in [0.2, 0.25) is 4.34 Å². The normalized spacial score (nSPS) is 18.5. The fraction of sp³-hybridized carbons (Fsp3) is 0.360. The number of aromatic nitrogens is 2. The molecule has 2 aliphatic rings. The molecular formula is C25H25ClN6O8S2. The molecule has 4 rings (SSSR count). The van der Waals surface area contributed by atoms with Crippen LogP contribution in [-0.2, 0) is 40.1 Å². The molecule has 0 radical (unpaired) electrons. The van der Waals surface area contributed by atoms with Gasteiger partial charge >= 0.3 is 5.97 Å². The molecule has 4 heterocycles. The fourth-order valence-electron chi connectivity index (χ4n) is 4.04. The largest absolute Gasteiger partial charge is 0.543 e. The summed E-state index contributed by atoms with van der Waals surface area (Å²) in [5.41, 5.74) is -1.21. The third kappa shape index (κ3) is 7.06. The number of hydrogen-bond donors (Lipinski definition) is 2. The summed E-state index contributed by atoms with van der Waals surface area (Å²) in [6, 6.07) is 4.28. The van der Waals surface area contributed by atoms with E-state index in [0.29, 0.717) is 12.0 Å². The first kappa shape index (κ1) is 30.9. The SMILES string of the molecule is CC(C)(C)OC(=O)CO/N=C(\C(=O)NC1C(=O)N2C(C(=O)[O-])=C(C[n+]3ccccc3)CS[C@H]12)c1nc(NC=O)sc1Cl. The maximum absolute atomic E-state index is 13.4. The molecule has 0 aromatic carbocycles. The number of rotatable bonds is 11.